The van der Waals surface area contributed by atoms with E-state index in [0.717, 1.165) is 36.7 Å². The molecule has 102 valence electrons. The average Bonchev–Trinajstić information content (AvgIpc) is 2.33. The molecular weight excluding hydrogens is 297 g/mol. The number of rotatable bonds is 8. The molecule has 0 amide bonds. The van der Waals surface area contributed by atoms with Gasteiger partial charge in [0.25, 0.3) is 0 Å². The molecule has 2 N–H and O–H groups in total. The third-order valence-electron chi connectivity index (χ3n) is 2.96. The molecule has 0 aliphatic rings. The zero-order valence-corrected chi connectivity index (χ0v) is 12.3. The van der Waals surface area contributed by atoms with Gasteiger partial charge in [-0.2, -0.15) is 0 Å². The van der Waals surface area contributed by atoms with E-state index >= 15 is 0 Å². The summed E-state index contributed by atoms with van der Waals surface area (Å²) in [5, 5.41) is 12.0. The highest BCUT2D eigenvalue weighted by molar-refractivity contribution is 9.10. The van der Waals surface area contributed by atoms with Crippen molar-refractivity contribution in [2.24, 2.45) is 0 Å². The number of halogens is 2. The third-order valence-corrected chi connectivity index (χ3v) is 3.46. The minimum absolute atomic E-state index is 0.0240. The Kier molecular flexibility index (Phi) is 7.47. The highest BCUT2D eigenvalue weighted by Gasteiger charge is 2.10. The monoisotopic (exact) mass is 317 g/mol. The molecule has 1 rings (SSSR count). The lowest BCUT2D eigenvalue weighted by molar-refractivity contribution is 0.282. The van der Waals surface area contributed by atoms with Crippen LogP contribution in [0.1, 0.15) is 44.2 Å². The summed E-state index contributed by atoms with van der Waals surface area (Å²) in [6, 6.07) is 5.19. The fourth-order valence-electron chi connectivity index (χ4n) is 1.87. The van der Waals surface area contributed by atoms with Gasteiger partial charge in [-0.25, -0.2) is 4.39 Å². The van der Waals surface area contributed by atoms with Gasteiger partial charge in [0.05, 0.1) is 0 Å². The molecule has 1 atom stereocenters. The van der Waals surface area contributed by atoms with Crippen LogP contribution in [0.4, 0.5) is 4.39 Å². The van der Waals surface area contributed by atoms with Crippen LogP contribution in [0.5, 0.6) is 0 Å². The molecule has 0 aliphatic carbocycles. The molecule has 4 heteroatoms. The highest BCUT2D eigenvalue weighted by Crippen LogP contribution is 2.20. The zero-order valence-electron chi connectivity index (χ0n) is 10.8. The summed E-state index contributed by atoms with van der Waals surface area (Å²) in [5.41, 5.74) is 0.702. The Morgan fingerprint density at radius 2 is 2.00 bits per heavy atom. The molecule has 1 aromatic carbocycles. The van der Waals surface area contributed by atoms with E-state index in [-0.39, 0.29) is 18.5 Å². The number of hydrogen-bond acceptors (Lipinski definition) is 2. The van der Waals surface area contributed by atoms with E-state index in [1.54, 1.807) is 0 Å². The van der Waals surface area contributed by atoms with Crippen molar-refractivity contribution in [3.63, 3.8) is 0 Å². The molecule has 1 unspecified atom stereocenters. The molecule has 0 saturated heterocycles. The van der Waals surface area contributed by atoms with Crippen molar-refractivity contribution < 1.29 is 9.50 Å². The van der Waals surface area contributed by atoms with Crippen molar-refractivity contribution in [1.82, 2.24) is 5.32 Å². The van der Waals surface area contributed by atoms with Crippen LogP contribution in [0.15, 0.2) is 22.7 Å². The van der Waals surface area contributed by atoms with Gasteiger partial charge < -0.3 is 10.4 Å². The Morgan fingerprint density at radius 1 is 1.28 bits per heavy atom. The second kappa shape index (κ2) is 8.62. The van der Waals surface area contributed by atoms with Crippen molar-refractivity contribution in [1.29, 1.82) is 0 Å². The second-order valence-corrected chi connectivity index (χ2v) is 5.40. The van der Waals surface area contributed by atoms with E-state index in [2.05, 4.69) is 21.2 Å². The summed E-state index contributed by atoms with van der Waals surface area (Å²) >= 11 is 3.25. The number of unbranched alkanes of at least 4 members (excludes halogenated alkanes) is 3. The molecule has 0 spiro atoms. The number of aliphatic hydroxyl groups excluding tert-OH is 1. The van der Waals surface area contributed by atoms with E-state index in [0.29, 0.717) is 5.56 Å². The predicted molar refractivity (Wildman–Crippen MR) is 76.1 cm³/mol. The van der Waals surface area contributed by atoms with E-state index in [1.807, 2.05) is 19.1 Å². The Balaban J connectivity index is 2.29. The van der Waals surface area contributed by atoms with Gasteiger partial charge in [-0.15, -0.1) is 0 Å². The van der Waals surface area contributed by atoms with Crippen LogP contribution < -0.4 is 5.32 Å². The number of hydrogen-bond donors (Lipinski definition) is 2. The van der Waals surface area contributed by atoms with Crippen molar-refractivity contribution in [2.45, 2.75) is 38.6 Å². The average molecular weight is 318 g/mol. The molecule has 0 radical (unpaired) electrons. The predicted octanol–water partition coefficient (Wildman–Crippen LogP) is 3.79. The topological polar surface area (TPSA) is 32.3 Å². The van der Waals surface area contributed by atoms with Gasteiger partial charge in [0.2, 0.25) is 0 Å². The number of benzene rings is 1. The van der Waals surface area contributed by atoms with Gasteiger partial charge in [-0.1, -0.05) is 34.8 Å². The van der Waals surface area contributed by atoms with E-state index in [1.165, 1.54) is 6.07 Å². The van der Waals surface area contributed by atoms with Gasteiger partial charge in [0, 0.05) is 22.7 Å². The van der Waals surface area contributed by atoms with Crippen LogP contribution in [0.3, 0.4) is 0 Å². The highest BCUT2D eigenvalue weighted by atomic mass is 79.9. The Bertz CT molecular complexity index is 360. The van der Waals surface area contributed by atoms with Crippen LogP contribution in [0.25, 0.3) is 0 Å². The first kappa shape index (κ1) is 15.6. The summed E-state index contributed by atoms with van der Waals surface area (Å²) in [5.74, 6) is -0.176. The first-order valence-electron chi connectivity index (χ1n) is 6.44. The SMILES string of the molecule is CC(NCCCCCCO)c1ccc(Br)cc1F. The molecule has 1 aromatic rings. The maximum Gasteiger partial charge on any atom is 0.129 e. The number of aliphatic hydroxyl groups is 1. The van der Waals surface area contributed by atoms with Gasteiger partial charge in [0.1, 0.15) is 5.82 Å². The lowest BCUT2D eigenvalue weighted by atomic mass is 10.1. The third kappa shape index (κ3) is 5.46. The summed E-state index contributed by atoms with van der Waals surface area (Å²) in [6.07, 6.45) is 4.09. The van der Waals surface area contributed by atoms with Crippen LogP contribution in [0.2, 0.25) is 0 Å². The standard InChI is InChI=1S/C14H21BrFNO/c1-11(17-8-4-2-3-5-9-18)13-7-6-12(15)10-14(13)16/h6-7,10-11,17-18H,2-5,8-9H2,1H3. The van der Waals surface area contributed by atoms with Gasteiger partial charge >= 0.3 is 0 Å². The maximum atomic E-state index is 13.7. The lowest BCUT2D eigenvalue weighted by Crippen LogP contribution is -2.20. The molecule has 0 heterocycles. The summed E-state index contributed by atoms with van der Waals surface area (Å²) in [4.78, 5) is 0. The number of nitrogens with one attached hydrogen (secondary N) is 1. The molecule has 0 aromatic heterocycles. The minimum atomic E-state index is -0.176. The first-order chi connectivity index (χ1) is 8.65. The first-order valence-corrected chi connectivity index (χ1v) is 7.23. The molecule has 0 aliphatic heterocycles. The van der Waals surface area contributed by atoms with Gasteiger partial charge in [-0.3, -0.25) is 0 Å². The molecule has 0 saturated carbocycles. The van der Waals surface area contributed by atoms with Crippen molar-refractivity contribution in [3.8, 4) is 0 Å². The summed E-state index contributed by atoms with van der Waals surface area (Å²) < 4.78 is 14.4. The van der Waals surface area contributed by atoms with Crippen LogP contribution in [-0.2, 0) is 0 Å². The molecule has 2 nitrogen and oxygen atoms in total. The van der Waals surface area contributed by atoms with Gasteiger partial charge in [0.15, 0.2) is 0 Å². The summed E-state index contributed by atoms with van der Waals surface area (Å²) in [7, 11) is 0. The van der Waals surface area contributed by atoms with Crippen LogP contribution in [0, 0.1) is 5.82 Å². The summed E-state index contributed by atoms with van der Waals surface area (Å²) in [6.45, 7) is 3.12. The molecule has 18 heavy (non-hydrogen) atoms. The minimum Gasteiger partial charge on any atom is -0.396 e. The van der Waals surface area contributed by atoms with Crippen molar-refractivity contribution >= 4 is 15.9 Å². The fourth-order valence-corrected chi connectivity index (χ4v) is 2.20. The molecule has 0 bridgehead atoms. The van der Waals surface area contributed by atoms with Crippen molar-refractivity contribution in [3.05, 3.63) is 34.1 Å². The zero-order chi connectivity index (χ0) is 13.4. The molecule has 0 fully saturated rings. The maximum absolute atomic E-state index is 13.7. The molecular formula is C14H21BrFNO. The fraction of sp³-hybridized carbons (Fsp3) is 0.571. The lowest BCUT2D eigenvalue weighted by Gasteiger charge is -2.15. The second-order valence-electron chi connectivity index (χ2n) is 4.48. The Hall–Kier alpha value is -0.450. The van der Waals surface area contributed by atoms with Crippen LogP contribution >= 0.6 is 15.9 Å². The normalized spacial score (nSPS) is 12.7. The van der Waals surface area contributed by atoms with Gasteiger partial charge in [-0.05, 0) is 38.4 Å². The quantitative estimate of drug-likeness (QED) is 0.715. The Labute approximate surface area is 117 Å². The van der Waals surface area contributed by atoms with E-state index in [4.69, 9.17) is 5.11 Å². The Morgan fingerprint density at radius 3 is 2.67 bits per heavy atom. The smallest absolute Gasteiger partial charge is 0.129 e. The van der Waals surface area contributed by atoms with E-state index in [9.17, 15) is 4.39 Å². The van der Waals surface area contributed by atoms with E-state index < -0.39 is 0 Å². The largest absolute Gasteiger partial charge is 0.396 e. The van der Waals surface area contributed by atoms with Crippen LogP contribution in [-0.4, -0.2) is 18.3 Å². The van der Waals surface area contributed by atoms with Crippen molar-refractivity contribution in [2.75, 3.05) is 13.2 Å².